The molecule has 12 heteroatoms. The van der Waals surface area contributed by atoms with E-state index >= 15 is 0 Å². The fourth-order valence-electron chi connectivity index (χ4n) is 1.58. The Hall–Kier alpha value is -1.46. The molecule has 116 valence electrons. The van der Waals surface area contributed by atoms with Gasteiger partial charge in [0, 0.05) is 22.8 Å². The number of anilines is 1. The highest BCUT2D eigenvalue weighted by atomic mass is 35.7. The zero-order valence-electron chi connectivity index (χ0n) is 10.1. The molecule has 21 heavy (non-hydrogen) atoms. The van der Waals surface area contributed by atoms with Crippen LogP contribution in [0.25, 0.3) is 0 Å². The molecule has 0 bridgehead atoms. The number of nitro benzene ring substituents is 1. The first kappa shape index (κ1) is 15.9. The monoisotopic (exact) mass is 358 g/mol. The second kappa shape index (κ2) is 5.07. The number of rotatable bonds is 5. The first-order chi connectivity index (χ1) is 9.52. The molecule has 0 saturated heterocycles. The van der Waals surface area contributed by atoms with Crippen LogP contribution in [0.3, 0.4) is 0 Å². The van der Waals surface area contributed by atoms with Crippen molar-refractivity contribution in [2.24, 2.45) is 0 Å². The Labute approximate surface area is 123 Å². The molecule has 0 atom stereocenters. The Kier molecular flexibility index (Phi) is 3.84. The van der Waals surface area contributed by atoms with E-state index in [0.29, 0.717) is 25.0 Å². The Bertz CT molecular complexity index is 819. The van der Waals surface area contributed by atoms with Crippen molar-refractivity contribution in [3.63, 3.8) is 0 Å². The lowest BCUT2D eigenvalue weighted by molar-refractivity contribution is -0.384. The van der Waals surface area contributed by atoms with Crippen LogP contribution in [-0.4, -0.2) is 27.0 Å². The van der Waals surface area contributed by atoms with Crippen molar-refractivity contribution in [1.82, 2.24) is 0 Å². The number of nitrogens with one attached hydrogen (secondary N) is 1. The summed E-state index contributed by atoms with van der Waals surface area (Å²) >= 11 is 0. The standard InChI is InChI=1S/C9H8ClFN2O6S2/c10-20(16,17)9-4-8(13(14)15)7(3-6(9)11)12-21(18,19)5-1-2-5/h3-5,12H,1-2H2. The highest BCUT2D eigenvalue weighted by Crippen LogP contribution is 2.35. The summed E-state index contributed by atoms with van der Waals surface area (Å²) in [7, 11) is -3.45. The number of sulfonamides is 1. The lowest BCUT2D eigenvalue weighted by Gasteiger charge is -2.09. The fourth-order valence-corrected chi connectivity index (χ4v) is 3.87. The Morgan fingerprint density at radius 3 is 2.29 bits per heavy atom. The minimum atomic E-state index is -4.54. The van der Waals surface area contributed by atoms with Crippen molar-refractivity contribution in [2.45, 2.75) is 23.0 Å². The largest absolute Gasteiger partial charge is 0.294 e. The molecule has 0 heterocycles. The fraction of sp³-hybridized carbons (Fsp3) is 0.333. The van der Waals surface area contributed by atoms with E-state index in [2.05, 4.69) is 0 Å². The van der Waals surface area contributed by atoms with Gasteiger partial charge in [-0.2, -0.15) is 0 Å². The number of hydrogen-bond acceptors (Lipinski definition) is 6. The quantitative estimate of drug-likeness (QED) is 0.484. The van der Waals surface area contributed by atoms with Crippen LogP contribution < -0.4 is 4.72 Å². The third kappa shape index (κ3) is 3.41. The Balaban J connectivity index is 2.56. The maximum atomic E-state index is 13.7. The highest BCUT2D eigenvalue weighted by molar-refractivity contribution is 8.13. The molecule has 1 fully saturated rings. The van der Waals surface area contributed by atoms with Gasteiger partial charge in [0.2, 0.25) is 10.0 Å². The van der Waals surface area contributed by atoms with Crippen LogP contribution in [0.5, 0.6) is 0 Å². The first-order valence-electron chi connectivity index (χ1n) is 5.46. The lowest BCUT2D eigenvalue weighted by atomic mass is 10.2. The van der Waals surface area contributed by atoms with Gasteiger partial charge in [-0.3, -0.25) is 14.8 Å². The third-order valence-electron chi connectivity index (χ3n) is 2.73. The van der Waals surface area contributed by atoms with Gasteiger partial charge < -0.3 is 0 Å². The Morgan fingerprint density at radius 1 is 1.29 bits per heavy atom. The van der Waals surface area contributed by atoms with Crippen molar-refractivity contribution < 1.29 is 26.1 Å². The molecule has 0 aliphatic heterocycles. The van der Waals surface area contributed by atoms with Gasteiger partial charge >= 0.3 is 0 Å². The average Bonchev–Trinajstić information content (AvgIpc) is 3.09. The van der Waals surface area contributed by atoms with Gasteiger partial charge in [-0.15, -0.1) is 0 Å². The zero-order valence-corrected chi connectivity index (χ0v) is 12.5. The maximum Gasteiger partial charge on any atom is 0.294 e. The topological polar surface area (TPSA) is 123 Å². The summed E-state index contributed by atoms with van der Waals surface area (Å²) in [6.45, 7) is 0. The van der Waals surface area contributed by atoms with Crippen molar-refractivity contribution in [3.05, 3.63) is 28.1 Å². The summed E-state index contributed by atoms with van der Waals surface area (Å²) in [6, 6.07) is 0.801. The van der Waals surface area contributed by atoms with Crippen LogP contribution in [0.2, 0.25) is 0 Å². The molecule has 1 saturated carbocycles. The van der Waals surface area contributed by atoms with E-state index in [4.69, 9.17) is 10.7 Å². The SMILES string of the molecule is O=[N+]([O-])c1cc(S(=O)(=O)Cl)c(F)cc1NS(=O)(=O)C1CC1. The van der Waals surface area contributed by atoms with Crippen LogP contribution in [0.4, 0.5) is 15.8 Å². The van der Waals surface area contributed by atoms with E-state index in [1.54, 1.807) is 0 Å². The molecule has 1 aliphatic carbocycles. The molecule has 0 amide bonds. The van der Waals surface area contributed by atoms with Gasteiger partial charge in [0.25, 0.3) is 14.7 Å². The van der Waals surface area contributed by atoms with Gasteiger partial charge in [-0.1, -0.05) is 0 Å². The van der Waals surface area contributed by atoms with Crippen LogP contribution in [0.1, 0.15) is 12.8 Å². The van der Waals surface area contributed by atoms with E-state index < -0.39 is 51.3 Å². The number of nitrogens with zero attached hydrogens (tertiary/aromatic N) is 1. The second-order valence-corrected chi connectivity index (χ2v) is 8.84. The first-order valence-corrected chi connectivity index (χ1v) is 9.32. The summed E-state index contributed by atoms with van der Waals surface area (Å²) in [4.78, 5) is 8.77. The van der Waals surface area contributed by atoms with E-state index in [9.17, 15) is 31.3 Å². The van der Waals surface area contributed by atoms with Gasteiger partial charge in [0.1, 0.15) is 16.4 Å². The summed E-state index contributed by atoms with van der Waals surface area (Å²) in [5, 5.41) is 10.2. The van der Waals surface area contributed by atoms with Crippen molar-refractivity contribution >= 4 is 41.1 Å². The molecule has 0 aromatic heterocycles. The van der Waals surface area contributed by atoms with Crippen molar-refractivity contribution in [3.8, 4) is 0 Å². The minimum Gasteiger partial charge on any atom is -0.277 e. The zero-order chi connectivity index (χ0) is 16.0. The van der Waals surface area contributed by atoms with Gasteiger partial charge in [0.15, 0.2) is 0 Å². The van der Waals surface area contributed by atoms with Gasteiger partial charge in [-0.05, 0) is 12.8 Å². The molecule has 0 unspecified atom stereocenters. The molecule has 0 spiro atoms. The average molecular weight is 359 g/mol. The number of halogens is 2. The smallest absolute Gasteiger partial charge is 0.277 e. The highest BCUT2D eigenvalue weighted by Gasteiger charge is 2.37. The van der Waals surface area contributed by atoms with E-state index in [1.165, 1.54) is 0 Å². The molecule has 8 nitrogen and oxygen atoms in total. The summed E-state index contributed by atoms with van der Waals surface area (Å²) in [5.41, 5.74) is -1.55. The molecule has 2 rings (SSSR count). The van der Waals surface area contributed by atoms with E-state index in [0.717, 1.165) is 0 Å². The van der Waals surface area contributed by atoms with E-state index in [-0.39, 0.29) is 0 Å². The van der Waals surface area contributed by atoms with Gasteiger partial charge in [0.05, 0.1) is 10.2 Å². The van der Waals surface area contributed by atoms with Crippen LogP contribution in [0.15, 0.2) is 17.0 Å². The Morgan fingerprint density at radius 2 is 1.86 bits per heavy atom. The van der Waals surface area contributed by atoms with Crippen molar-refractivity contribution in [2.75, 3.05) is 4.72 Å². The predicted molar refractivity (Wildman–Crippen MR) is 71.7 cm³/mol. The number of hydrogen-bond donors (Lipinski definition) is 1. The third-order valence-corrected chi connectivity index (χ3v) is 5.92. The molecular formula is C9H8ClFN2O6S2. The van der Waals surface area contributed by atoms with E-state index in [1.807, 2.05) is 4.72 Å². The maximum absolute atomic E-state index is 13.7. The molecule has 1 N–H and O–H groups in total. The molecule has 1 aromatic rings. The molecule has 1 aromatic carbocycles. The van der Waals surface area contributed by atoms with Gasteiger partial charge in [-0.25, -0.2) is 21.2 Å². The minimum absolute atomic E-state index is 0.377. The van der Waals surface area contributed by atoms with Crippen LogP contribution in [-0.2, 0) is 19.1 Å². The summed E-state index contributed by atoms with van der Waals surface area (Å²) in [5.74, 6) is -1.39. The van der Waals surface area contributed by atoms with Crippen LogP contribution in [0, 0.1) is 15.9 Å². The number of benzene rings is 1. The lowest BCUT2D eigenvalue weighted by Crippen LogP contribution is -2.18. The van der Waals surface area contributed by atoms with Crippen LogP contribution >= 0.6 is 10.7 Å². The predicted octanol–water partition coefficient (Wildman–Crippen LogP) is 1.57. The molecule has 0 radical (unpaired) electrons. The second-order valence-electron chi connectivity index (χ2n) is 4.34. The van der Waals surface area contributed by atoms with Crippen molar-refractivity contribution in [1.29, 1.82) is 0 Å². The normalized spacial score (nSPS) is 15.7. The summed E-state index contributed by atoms with van der Waals surface area (Å²) < 4.78 is 61.2. The molecule has 1 aliphatic rings. The molecular weight excluding hydrogens is 351 g/mol. The number of nitro groups is 1. The summed E-state index contributed by atoms with van der Waals surface area (Å²) in [6.07, 6.45) is 0.805.